The molecule has 1 heterocycles. The summed E-state index contributed by atoms with van der Waals surface area (Å²) < 4.78 is 10.7. The van der Waals surface area contributed by atoms with Crippen LogP contribution in [0, 0.1) is 0 Å². The van der Waals surface area contributed by atoms with Gasteiger partial charge in [0.05, 0.1) is 0 Å². The minimum atomic E-state index is -0.0222. The molecule has 118 valence electrons. The van der Waals surface area contributed by atoms with E-state index in [1.54, 1.807) is 12.1 Å². The molecule has 0 aliphatic rings. The number of hydrogen-bond donors (Lipinski definition) is 0. The van der Waals surface area contributed by atoms with Crippen molar-refractivity contribution in [1.82, 2.24) is 15.1 Å². The Labute approximate surface area is 130 Å². The third kappa shape index (κ3) is 3.84. The Morgan fingerprint density at radius 2 is 1.82 bits per heavy atom. The molecule has 2 aromatic rings. The van der Waals surface area contributed by atoms with Crippen LogP contribution in [-0.2, 0) is 4.79 Å². The zero-order chi connectivity index (χ0) is 16.1. The second kappa shape index (κ2) is 7.06. The van der Waals surface area contributed by atoms with Gasteiger partial charge in [0, 0.05) is 17.6 Å². The molecule has 0 fully saturated rings. The van der Waals surface area contributed by atoms with Crippen molar-refractivity contribution in [3.8, 4) is 17.2 Å². The highest BCUT2D eigenvalue weighted by atomic mass is 16.5. The summed E-state index contributed by atoms with van der Waals surface area (Å²) in [5, 5.41) is 7.47. The van der Waals surface area contributed by atoms with Crippen LogP contribution in [-0.4, -0.2) is 39.7 Å². The number of rotatable bonds is 6. The zero-order valence-electron chi connectivity index (χ0n) is 13.3. The summed E-state index contributed by atoms with van der Waals surface area (Å²) in [6, 6.07) is 7.49. The van der Waals surface area contributed by atoms with Crippen LogP contribution in [0.5, 0.6) is 5.75 Å². The average molecular weight is 303 g/mol. The number of carbonyl (C=O) groups is 1. The van der Waals surface area contributed by atoms with E-state index in [0.29, 0.717) is 11.6 Å². The maximum absolute atomic E-state index is 12.2. The fourth-order valence-corrected chi connectivity index (χ4v) is 2.38. The van der Waals surface area contributed by atoms with Gasteiger partial charge in [0.25, 0.3) is 5.91 Å². The van der Waals surface area contributed by atoms with Crippen molar-refractivity contribution in [3.05, 3.63) is 30.7 Å². The quantitative estimate of drug-likeness (QED) is 0.820. The minimum absolute atomic E-state index is 0.0222. The van der Waals surface area contributed by atoms with E-state index in [-0.39, 0.29) is 24.6 Å². The van der Waals surface area contributed by atoms with E-state index in [1.807, 2.05) is 44.7 Å². The van der Waals surface area contributed by atoms with Crippen LogP contribution >= 0.6 is 0 Å². The predicted molar refractivity (Wildman–Crippen MR) is 82.3 cm³/mol. The molecule has 22 heavy (non-hydrogen) atoms. The summed E-state index contributed by atoms with van der Waals surface area (Å²) in [5.74, 6) is 1.06. The van der Waals surface area contributed by atoms with Gasteiger partial charge in [-0.15, -0.1) is 10.2 Å². The first-order valence-electron chi connectivity index (χ1n) is 7.29. The van der Waals surface area contributed by atoms with E-state index in [4.69, 9.17) is 9.15 Å². The highest BCUT2D eigenvalue weighted by Crippen LogP contribution is 2.20. The second-order valence-electron chi connectivity index (χ2n) is 5.55. The molecule has 0 spiro atoms. The van der Waals surface area contributed by atoms with Crippen molar-refractivity contribution < 1.29 is 13.9 Å². The third-order valence-electron chi connectivity index (χ3n) is 3.22. The lowest BCUT2D eigenvalue weighted by molar-refractivity contribution is -0.136. The van der Waals surface area contributed by atoms with Crippen LogP contribution in [0.15, 0.2) is 35.1 Å². The molecular formula is C16H21N3O3. The molecule has 0 aliphatic heterocycles. The smallest absolute Gasteiger partial charge is 0.260 e. The van der Waals surface area contributed by atoms with Crippen LogP contribution in [0.25, 0.3) is 11.5 Å². The SMILES string of the molecule is CC(C)N(C(=O)COc1ccc(-c2nnco2)cc1)C(C)C. The summed E-state index contributed by atoms with van der Waals surface area (Å²) in [4.78, 5) is 14.0. The fraction of sp³-hybridized carbons (Fsp3) is 0.438. The van der Waals surface area contributed by atoms with E-state index in [9.17, 15) is 4.79 Å². The molecule has 0 saturated carbocycles. The average Bonchev–Trinajstić information content (AvgIpc) is 2.99. The largest absolute Gasteiger partial charge is 0.484 e. The molecule has 1 aromatic carbocycles. The lowest BCUT2D eigenvalue weighted by atomic mass is 10.2. The van der Waals surface area contributed by atoms with Gasteiger partial charge in [-0.2, -0.15) is 0 Å². The Morgan fingerprint density at radius 1 is 1.18 bits per heavy atom. The first kappa shape index (κ1) is 16.0. The number of amides is 1. The maximum atomic E-state index is 12.2. The zero-order valence-corrected chi connectivity index (χ0v) is 13.3. The third-order valence-corrected chi connectivity index (χ3v) is 3.22. The van der Waals surface area contributed by atoms with Gasteiger partial charge in [-0.1, -0.05) is 0 Å². The first-order chi connectivity index (χ1) is 10.5. The summed E-state index contributed by atoms with van der Waals surface area (Å²) in [6.07, 6.45) is 1.28. The van der Waals surface area contributed by atoms with Crippen LogP contribution in [0.2, 0.25) is 0 Å². The van der Waals surface area contributed by atoms with Crippen molar-refractivity contribution in [2.45, 2.75) is 39.8 Å². The van der Waals surface area contributed by atoms with Crippen molar-refractivity contribution in [1.29, 1.82) is 0 Å². The Balaban J connectivity index is 1.95. The molecular weight excluding hydrogens is 282 g/mol. The summed E-state index contributed by atoms with van der Waals surface area (Å²) >= 11 is 0. The molecule has 0 N–H and O–H groups in total. The highest BCUT2D eigenvalue weighted by molar-refractivity contribution is 5.78. The summed E-state index contributed by atoms with van der Waals surface area (Å²) in [7, 11) is 0. The maximum Gasteiger partial charge on any atom is 0.260 e. The van der Waals surface area contributed by atoms with Crippen molar-refractivity contribution >= 4 is 5.91 Å². The van der Waals surface area contributed by atoms with Gasteiger partial charge in [-0.3, -0.25) is 4.79 Å². The van der Waals surface area contributed by atoms with E-state index in [0.717, 1.165) is 5.56 Å². The molecule has 2 rings (SSSR count). The van der Waals surface area contributed by atoms with Crippen LogP contribution in [0.1, 0.15) is 27.7 Å². The molecule has 0 unspecified atom stereocenters. The van der Waals surface area contributed by atoms with Crippen LogP contribution in [0.3, 0.4) is 0 Å². The molecule has 0 aliphatic carbocycles. The van der Waals surface area contributed by atoms with Gasteiger partial charge in [0.1, 0.15) is 5.75 Å². The standard InChI is InChI=1S/C16H21N3O3/c1-11(2)19(12(3)4)15(20)9-21-14-7-5-13(6-8-14)16-18-17-10-22-16/h5-8,10-12H,9H2,1-4H3. The van der Waals surface area contributed by atoms with E-state index in [1.165, 1.54) is 6.39 Å². The molecule has 1 aromatic heterocycles. The van der Waals surface area contributed by atoms with Crippen molar-refractivity contribution in [3.63, 3.8) is 0 Å². The van der Waals surface area contributed by atoms with Gasteiger partial charge >= 0.3 is 0 Å². The topological polar surface area (TPSA) is 68.5 Å². The first-order valence-corrected chi connectivity index (χ1v) is 7.29. The predicted octanol–water partition coefficient (Wildman–Crippen LogP) is 2.76. The Morgan fingerprint density at radius 3 is 2.32 bits per heavy atom. The van der Waals surface area contributed by atoms with Gasteiger partial charge < -0.3 is 14.1 Å². The van der Waals surface area contributed by atoms with Crippen LogP contribution < -0.4 is 4.74 Å². The number of aromatic nitrogens is 2. The number of ether oxygens (including phenoxy) is 1. The van der Waals surface area contributed by atoms with Gasteiger partial charge in [0.15, 0.2) is 6.61 Å². The number of nitrogens with zero attached hydrogens (tertiary/aromatic N) is 3. The molecule has 0 radical (unpaired) electrons. The normalized spacial score (nSPS) is 11.0. The molecule has 6 heteroatoms. The van der Waals surface area contributed by atoms with Crippen molar-refractivity contribution in [2.75, 3.05) is 6.61 Å². The van der Waals surface area contributed by atoms with Gasteiger partial charge in [-0.25, -0.2) is 0 Å². The molecule has 0 saturated heterocycles. The fourth-order valence-electron chi connectivity index (χ4n) is 2.38. The minimum Gasteiger partial charge on any atom is -0.484 e. The highest BCUT2D eigenvalue weighted by Gasteiger charge is 2.20. The lowest BCUT2D eigenvalue weighted by Gasteiger charge is -2.30. The van der Waals surface area contributed by atoms with E-state index >= 15 is 0 Å². The Bertz CT molecular complexity index is 584. The van der Waals surface area contributed by atoms with Gasteiger partial charge in [0.2, 0.25) is 12.3 Å². The Kier molecular flexibility index (Phi) is 5.14. The second-order valence-corrected chi connectivity index (χ2v) is 5.55. The lowest BCUT2D eigenvalue weighted by Crippen LogP contribution is -2.44. The molecule has 0 atom stereocenters. The summed E-state index contributed by atoms with van der Waals surface area (Å²) in [5.41, 5.74) is 0.808. The molecule has 1 amide bonds. The number of carbonyl (C=O) groups excluding carboxylic acids is 1. The van der Waals surface area contributed by atoms with Crippen LogP contribution in [0.4, 0.5) is 0 Å². The number of benzene rings is 1. The Hall–Kier alpha value is -2.37. The summed E-state index contributed by atoms with van der Waals surface area (Å²) in [6.45, 7) is 8.01. The van der Waals surface area contributed by atoms with E-state index < -0.39 is 0 Å². The van der Waals surface area contributed by atoms with E-state index in [2.05, 4.69) is 10.2 Å². The van der Waals surface area contributed by atoms with Crippen molar-refractivity contribution in [2.24, 2.45) is 0 Å². The molecule has 6 nitrogen and oxygen atoms in total. The van der Waals surface area contributed by atoms with Gasteiger partial charge in [-0.05, 0) is 52.0 Å². The monoisotopic (exact) mass is 303 g/mol. The number of hydrogen-bond acceptors (Lipinski definition) is 5. The molecule has 0 bridgehead atoms.